The van der Waals surface area contributed by atoms with Gasteiger partial charge in [0.25, 0.3) is 0 Å². The van der Waals surface area contributed by atoms with Crippen LogP contribution in [0, 0.1) is 0 Å². The SMILES string of the molecule is c1ccc(CCN2CCC[C@]3(C[C@H](OCc4cccnc4)CO3)C2)cc1. The van der Waals surface area contributed by atoms with E-state index in [2.05, 4.69) is 46.3 Å². The third-order valence-corrected chi connectivity index (χ3v) is 5.56. The molecular weight excluding hydrogens is 324 g/mol. The van der Waals surface area contributed by atoms with Crippen LogP contribution in [-0.2, 0) is 22.5 Å². The van der Waals surface area contributed by atoms with Crippen molar-refractivity contribution in [2.45, 2.75) is 44.0 Å². The van der Waals surface area contributed by atoms with Gasteiger partial charge < -0.3 is 14.4 Å². The Kier molecular flexibility index (Phi) is 5.63. The van der Waals surface area contributed by atoms with Crippen molar-refractivity contribution < 1.29 is 9.47 Å². The van der Waals surface area contributed by atoms with E-state index in [9.17, 15) is 0 Å². The second-order valence-corrected chi connectivity index (χ2v) is 7.61. The van der Waals surface area contributed by atoms with Crippen LogP contribution in [0.25, 0.3) is 0 Å². The van der Waals surface area contributed by atoms with E-state index < -0.39 is 0 Å². The largest absolute Gasteiger partial charge is 0.371 e. The Labute approximate surface area is 156 Å². The van der Waals surface area contributed by atoms with Crippen LogP contribution in [0.5, 0.6) is 0 Å². The van der Waals surface area contributed by atoms with E-state index in [-0.39, 0.29) is 11.7 Å². The third kappa shape index (κ3) is 4.50. The normalized spacial score (nSPS) is 26.4. The number of hydrogen-bond donors (Lipinski definition) is 0. The van der Waals surface area contributed by atoms with E-state index in [1.165, 1.54) is 18.5 Å². The van der Waals surface area contributed by atoms with Gasteiger partial charge in [0.15, 0.2) is 0 Å². The van der Waals surface area contributed by atoms with Gasteiger partial charge >= 0.3 is 0 Å². The van der Waals surface area contributed by atoms with Crippen molar-refractivity contribution >= 4 is 0 Å². The molecule has 2 aliphatic rings. The quantitative estimate of drug-likeness (QED) is 0.797. The molecule has 0 unspecified atom stereocenters. The molecule has 1 aromatic carbocycles. The van der Waals surface area contributed by atoms with Gasteiger partial charge in [-0.2, -0.15) is 0 Å². The van der Waals surface area contributed by atoms with E-state index >= 15 is 0 Å². The Balaban J connectivity index is 1.27. The molecule has 2 fully saturated rings. The molecule has 1 spiro atoms. The van der Waals surface area contributed by atoms with Crippen molar-refractivity contribution in [3.8, 4) is 0 Å². The Morgan fingerprint density at radius 2 is 2.04 bits per heavy atom. The predicted molar refractivity (Wildman–Crippen MR) is 102 cm³/mol. The molecule has 26 heavy (non-hydrogen) atoms. The fourth-order valence-electron chi connectivity index (χ4n) is 4.20. The first kappa shape index (κ1) is 17.7. The Morgan fingerprint density at radius 1 is 1.15 bits per heavy atom. The summed E-state index contributed by atoms with van der Waals surface area (Å²) in [6.45, 7) is 4.66. The standard InChI is InChI=1S/C22H28N2O2/c1-2-6-19(7-3-1)9-13-24-12-5-10-22(18-24)14-21(17-26-22)25-16-20-8-4-11-23-15-20/h1-4,6-8,11,15,21H,5,9-10,12-14,16-18H2/t21-,22-/m0/s1. The van der Waals surface area contributed by atoms with Crippen molar-refractivity contribution in [2.75, 3.05) is 26.2 Å². The average molecular weight is 352 g/mol. The summed E-state index contributed by atoms with van der Waals surface area (Å²) in [6.07, 6.45) is 8.35. The second-order valence-electron chi connectivity index (χ2n) is 7.61. The fraction of sp³-hybridized carbons (Fsp3) is 0.500. The highest BCUT2D eigenvalue weighted by molar-refractivity contribution is 5.15. The van der Waals surface area contributed by atoms with E-state index in [1.807, 2.05) is 12.3 Å². The molecule has 3 heterocycles. The lowest BCUT2D eigenvalue weighted by Gasteiger charge is -2.39. The highest BCUT2D eigenvalue weighted by Crippen LogP contribution is 2.36. The van der Waals surface area contributed by atoms with Crippen LogP contribution in [0.15, 0.2) is 54.9 Å². The summed E-state index contributed by atoms with van der Waals surface area (Å²) in [5, 5.41) is 0. The van der Waals surface area contributed by atoms with Gasteiger partial charge in [-0.1, -0.05) is 36.4 Å². The molecule has 2 aliphatic heterocycles. The van der Waals surface area contributed by atoms with E-state index in [1.54, 1.807) is 6.20 Å². The summed E-state index contributed by atoms with van der Waals surface area (Å²) < 4.78 is 12.4. The minimum absolute atomic E-state index is 0.00541. The Hall–Kier alpha value is -1.75. The van der Waals surface area contributed by atoms with Gasteiger partial charge in [0, 0.05) is 31.9 Å². The van der Waals surface area contributed by atoms with E-state index in [0.717, 1.165) is 37.9 Å². The molecule has 2 atom stereocenters. The molecule has 4 heteroatoms. The Bertz CT molecular complexity index is 679. The predicted octanol–water partition coefficient (Wildman–Crippen LogP) is 3.46. The molecule has 2 saturated heterocycles. The number of pyridine rings is 1. The van der Waals surface area contributed by atoms with Crippen LogP contribution < -0.4 is 0 Å². The summed E-state index contributed by atoms with van der Waals surface area (Å²) in [5.74, 6) is 0. The van der Waals surface area contributed by atoms with Crippen LogP contribution in [0.1, 0.15) is 30.4 Å². The summed E-state index contributed by atoms with van der Waals surface area (Å²) >= 11 is 0. The molecule has 4 nitrogen and oxygen atoms in total. The lowest BCUT2D eigenvalue weighted by molar-refractivity contribution is -0.0526. The molecule has 4 rings (SSSR count). The number of ether oxygens (including phenoxy) is 2. The van der Waals surface area contributed by atoms with E-state index in [4.69, 9.17) is 9.47 Å². The number of piperidine rings is 1. The van der Waals surface area contributed by atoms with Crippen LogP contribution in [0.4, 0.5) is 0 Å². The summed E-state index contributed by atoms with van der Waals surface area (Å²) in [4.78, 5) is 6.72. The number of likely N-dealkylation sites (tertiary alicyclic amines) is 1. The van der Waals surface area contributed by atoms with Crippen molar-refractivity contribution in [2.24, 2.45) is 0 Å². The summed E-state index contributed by atoms with van der Waals surface area (Å²) in [7, 11) is 0. The lowest BCUT2D eigenvalue weighted by atomic mass is 9.89. The topological polar surface area (TPSA) is 34.6 Å². The monoisotopic (exact) mass is 352 g/mol. The molecule has 0 N–H and O–H groups in total. The molecule has 1 aromatic heterocycles. The molecule has 0 bridgehead atoms. The average Bonchev–Trinajstić information content (AvgIpc) is 3.08. The number of hydrogen-bond acceptors (Lipinski definition) is 4. The minimum Gasteiger partial charge on any atom is -0.371 e. The zero-order chi connectivity index (χ0) is 17.7. The number of aromatic nitrogens is 1. The van der Waals surface area contributed by atoms with Gasteiger partial charge in [0.1, 0.15) is 0 Å². The first-order valence-electron chi connectivity index (χ1n) is 9.72. The van der Waals surface area contributed by atoms with Crippen LogP contribution in [-0.4, -0.2) is 47.8 Å². The van der Waals surface area contributed by atoms with Crippen molar-refractivity contribution in [1.29, 1.82) is 0 Å². The maximum absolute atomic E-state index is 6.28. The smallest absolute Gasteiger partial charge is 0.0841 e. The molecule has 0 saturated carbocycles. The highest BCUT2D eigenvalue weighted by atomic mass is 16.6. The Morgan fingerprint density at radius 3 is 2.88 bits per heavy atom. The first-order valence-corrected chi connectivity index (χ1v) is 9.72. The van der Waals surface area contributed by atoms with Crippen LogP contribution in [0.3, 0.4) is 0 Å². The molecule has 0 amide bonds. The van der Waals surface area contributed by atoms with Crippen molar-refractivity contribution in [3.05, 3.63) is 66.0 Å². The zero-order valence-corrected chi connectivity index (χ0v) is 15.3. The van der Waals surface area contributed by atoms with Crippen molar-refractivity contribution in [1.82, 2.24) is 9.88 Å². The van der Waals surface area contributed by atoms with E-state index in [0.29, 0.717) is 13.2 Å². The van der Waals surface area contributed by atoms with Gasteiger partial charge in [-0.3, -0.25) is 4.98 Å². The number of rotatable bonds is 6. The van der Waals surface area contributed by atoms with Crippen LogP contribution >= 0.6 is 0 Å². The van der Waals surface area contributed by atoms with Crippen LogP contribution in [0.2, 0.25) is 0 Å². The third-order valence-electron chi connectivity index (χ3n) is 5.56. The van der Waals surface area contributed by atoms with Gasteiger partial charge in [-0.15, -0.1) is 0 Å². The molecule has 0 radical (unpaired) electrons. The van der Waals surface area contributed by atoms with Gasteiger partial charge in [-0.05, 0) is 43.0 Å². The second kappa shape index (κ2) is 8.30. The van der Waals surface area contributed by atoms with Gasteiger partial charge in [0.05, 0.1) is 24.9 Å². The lowest BCUT2D eigenvalue weighted by Crippen LogP contribution is -2.48. The number of benzene rings is 1. The summed E-state index contributed by atoms with van der Waals surface area (Å²) in [6, 6.07) is 14.8. The van der Waals surface area contributed by atoms with Crippen molar-refractivity contribution in [3.63, 3.8) is 0 Å². The molecule has 138 valence electrons. The first-order chi connectivity index (χ1) is 12.8. The molecule has 0 aliphatic carbocycles. The highest BCUT2D eigenvalue weighted by Gasteiger charge is 2.43. The zero-order valence-electron chi connectivity index (χ0n) is 15.3. The maximum atomic E-state index is 6.28. The van der Waals surface area contributed by atoms with Gasteiger partial charge in [0.2, 0.25) is 0 Å². The minimum atomic E-state index is -0.00541. The maximum Gasteiger partial charge on any atom is 0.0841 e. The molecular formula is C22H28N2O2. The van der Waals surface area contributed by atoms with Gasteiger partial charge in [-0.25, -0.2) is 0 Å². The summed E-state index contributed by atoms with van der Waals surface area (Å²) in [5.41, 5.74) is 2.54. The molecule has 2 aromatic rings. The fourth-order valence-corrected chi connectivity index (χ4v) is 4.20. The number of nitrogens with zero attached hydrogens (tertiary/aromatic N) is 2.